The van der Waals surface area contributed by atoms with Crippen LogP contribution >= 0.6 is 0 Å². The Morgan fingerprint density at radius 2 is 2.07 bits per heavy atom. The number of methoxy groups -OCH3 is 1. The predicted octanol–water partition coefficient (Wildman–Crippen LogP) is 3.92. The van der Waals surface area contributed by atoms with Crippen molar-refractivity contribution < 1.29 is 13.9 Å². The van der Waals surface area contributed by atoms with Gasteiger partial charge in [0.05, 0.1) is 25.5 Å². The highest BCUT2D eigenvalue weighted by Crippen LogP contribution is 2.29. The van der Waals surface area contributed by atoms with E-state index in [1.807, 2.05) is 48.5 Å². The van der Waals surface area contributed by atoms with Gasteiger partial charge in [0.25, 0.3) is 0 Å². The summed E-state index contributed by atoms with van der Waals surface area (Å²) in [5.41, 5.74) is 3.79. The first-order valence-electron chi connectivity index (χ1n) is 8.91. The third-order valence-electron chi connectivity index (χ3n) is 4.76. The molecule has 0 amide bonds. The van der Waals surface area contributed by atoms with Crippen molar-refractivity contribution in [1.29, 1.82) is 0 Å². The molecule has 3 heterocycles. The molecule has 1 aromatic carbocycles. The number of ketones is 1. The van der Waals surface area contributed by atoms with Gasteiger partial charge in [0, 0.05) is 30.7 Å². The number of hydrogen-bond acceptors (Lipinski definition) is 5. The smallest absolute Gasteiger partial charge is 0.218 e. The molecule has 0 radical (unpaired) electrons. The Morgan fingerprint density at radius 3 is 2.81 bits per heavy atom. The number of benzene rings is 1. The molecule has 4 rings (SSSR count). The van der Waals surface area contributed by atoms with Gasteiger partial charge in [0.2, 0.25) is 5.90 Å². The minimum absolute atomic E-state index is 0.0912. The van der Waals surface area contributed by atoms with Crippen LogP contribution in [0.1, 0.15) is 40.5 Å². The van der Waals surface area contributed by atoms with Crippen molar-refractivity contribution in [1.82, 2.24) is 4.98 Å². The number of pyridine rings is 1. The molecule has 3 aromatic rings. The summed E-state index contributed by atoms with van der Waals surface area (Å²) in [6.45, 7) is 0.571. The molecular formula is C22H20N2O3. The number of rotatable bonds is 6. The highest BCUT2D eigenvalue weighted by Gasteiger charge is 2.22. The highest BCUT2D eigenvalue weighted by molar-refractivity contribution is 5.97. The summed E-state index contributed by atoms with van der Waals surface area (Å²) in [7, 11) is 1.60. The van der Waals surface area contributed by atoms with E-state index in [-0.39, 0.29) is 11.7 Å². The molecule has 0 saturated heterocycles. The summed E-state index contributed by atoms with van der Waals surface area (Å²) in [5, 5.41) is 0. The van der Waals surface area contributed by atoms with Crippen LogP contribution in [0.5, 0.6) is 0 Å². The molecule has 0 spiro atoms. The molecule has 27 heavy (non-hydrogen) atoms. The Hall–Kier alpha value is -3.21. The van der Waals surface area contributed by atoms with E-state index in [0.717, 1.165) is 28.1 Å². The Labute approximate surface area is 157 Å². The van der Waals surface area contributed by atoms with E-state index in [1.165, 1.54) is 0 Å². The lowest BCUT2D eigenvalue weighted by atomic mass is 9.90. The van der Waals surface area contributed by atoms with Gasteiger partial charge < -0.3 is 9.15 Å². The molecule has 0 bridgehead atoms. The third kappa shape index (κ3) is 3.67. The van der Waals surface area contributed by atoms with Gasteiger partial charge in [-0.3, -0.25) is 9.78 Å². The van der Waals surface area contributed by atoms with E-state index in [4.69, 9.17) is 9.15 Å². The summed E-state index contributed by atoms with van der Waals surface area (Å²) in [6.07, 6.45) is 4.05. The lowest BCUT2D eigenvalue weighted by Gasteiger charge is -2.14. The summed E-state index contributed by atoms with van der Waals surface area (Å²) in [4.78, 5) is 21.5. The summed E-state index contributed by atoms with van der Waals surface area (Å²) < 4.78 is 10.8. The van der Waals surface area contributed by atoms with Gasteiger partial charge in [-0.1, -0.05) is 30.3 Å². The number of aromatic nitrogens is 1. The number of ether oxygens (including phenoxy) is 1. The van der Waals surface area contributed by atoms with Gasteiger partial charge in [0.1, 0.15) is 11.5 Å². The second-order valence-electron chi connectivity index (χ2n) is 6.56. The van der Waals surface area contributed by atoms with Crippen LogP contribution in [-0.4, -0.2) is 23.8 Å². The maximum atomic E-state index is 12.8. The largest absolute Gasteiger partial charge is 0.481 e. The van der Waals surface area contributed by atoms with Gasteiger partial charge in [-0.15, -0.1) is 0 Å². The van der Waals surface area contributed by atoms with Crippen molar-refractivity contribution in [3.05, 3.63) is 89.1 Å². The zero-order valence-electron chi connectivity index (χ0n) is 15.1. The van der Waals surface area contributed by atoms with E-state index in [0.29, 0.717) is 25.3 Å². The molecular weight excluding hydrogens is 340 g/mol. The van der Waals surface area contributed by atoms with E-state index < -0.39 is 0 Å². The second kappa shape index (κ2) is 7.58. The Balaban J connectivity index is 1.50. The lowest BCUT2D eigenvalue weighted by Crippen LogP contribution is -2.12. The number of carbonyl (C=O) groups excluding carboxylic acids is 1. The van der Waals surface area contributed by atoms with Crippen LogP contribution in [0.3, 0.4) is 0 Å². The Kier molecular flexibility index (Phi) is 4.83. The second-order valence-corrected chi connectivity index (χ2v) is 6.56. The van der Waals surface area contributed by atoms with Crippen molar-refractivity contribution in [3.8, 4) is 0 Å². The fourth-order valence-electron chi connectivity index (χ4n) is 3.44. The Morgan fingerprint density at radius 1 is 1.22 bits per heavy atom. The number of fused-ring (bicyclic) bond motifs is 1. The SMILES string of the molecule is COC1=NCc2cc(CC(=O)C[C@@H](c3ccccc3)c3ccco3)ncc21. The van der Waals surface area contributed by atoms with E-state index >= 15 is 0 Å². The van der Waals surface area contributed by atoms with E-state index in [9.17, 15) is 4.79 Å². The summed E-state index contributed by atoms with van der Waals surface area (Å²) in [5.74, 6) is 1.44. The average Bonchev–Trinajstić information content (AvgIpc) is 3.36. The lowest BCUT2D eigenvalue weighted by molar-refractivity contribution is -0.118. The molecule has 1 atom stereocenters. The van der Waals surface area contributed by atoms with Crippen LogP contribution in [0.4, 0.5) is 0 Å². The molecule has 0 unspecified atom stereocenters. The van der Waals surface area contributed by atoms with Crippen molar-refractivity contribution in [2.45, 2.75) is 25.3 Å². The number of hydrogen-bond donors (Lipinski definition) is 0. The van der Waals surface area contributed by atoms with E-state index in [2.05, 4.69) is 9.98 Å². The van der Waals surface area contributed by atoms with Crippen molar-refractivity contribution in [2.75, 3.05) is 7.11 Å². The quantitative estimate of drug-likeness (QED) is 0.668. The Bertz CT molecular complexity index is 962. The van der Waals surface area contributed by atoms with Gasteiger partial charge in [-0.05, 0) is 29.3 Å². The fourth-order valence-corrected chi connectivity index (χ4v) is 3.44. The normalized spacial score (nSPS) is 13.7. The first kappa shape index (κ1) is 17.2. The van der Waals surface area contributed by atoms with Crippen LogP contribution in [0.2, 0.25) is 0 Å². The summed E-state index contributed by atoms with van der Waals surface area (Å²) in [6, 6.07) is 15.7. The highest BCUT2D eigenvalue weighted by atomic mass is 16.5. The maximum Gasteiger partial charge on any atom is 0.218 e. The molecule has 0 saturated carbocycles. The van der Waals surface area contributed by atoms with Crippen LogP contribution < -0.4 is 0 Å². The van der Waals surface area contributed by atoms with Crippen LogP contribution in [0, 0.1) is 0 Å². The first-order valence-corrected chi connectivity index (χ1v) is 8.91. The van der Waals surface area contributed by atoms with Gasteiger partial charge in [-0.2, -0.15) is 0 Å². The molecule has 1 aliphatic rings. The number of furan rings is 1. The molecule has 2 aromatic heterocycles. The van der Waals surface area contributed by atoms with Crippen molar-refractivity contribution >= 4 is 11.7 Å². The monoisotopic (exact) mass is 360 g/mol. The zero-order chi connectivity index (χ0) is 18.6. The zero-order valence-corrected chi connectivity index (χ0v) is 15.1. The van der Waals surface area contributed by atoms with Crippen molar-refractivity contribution in [3.63, 3.8) is 0 Å². The van der Waals surface area contributed by atoms with Gasteiger partial charge in [0.15, 0.2) is 0 Å². The van der Waals surface area contributed by atoms with Crippen LogP contribution in [-0.2, 0) is 22.5 Å². The summed E-state index contributed by atoms with van der Waals surface area (Å²) >= 11 is 0. The number of carbonyl (C=O) groups is 1. The first-order chi connectivity index (χ1) is 13.2. The minimum atomic E-state index is -0.0912. The standard InChI is InChI=1S/C22H20N2O3/c1-26-22-20-14-23-17(10-16(20)13-24-22)11-18(25)12-19(21-8-5-9-27-21)15-6-3-2-4-7-15/h2-10,14,19H,11-13H2,1H3/t19-/m0/s1. The fraction of sp³-hybridized carbons (Fsp3) is 0.227. The topological polar surface area (TPSA) is 64.7 Å². The molecule has 136 valence electrons. The van der Waals surface area contributed by atoms with E-state index in [1.54, 1.807) is 19.6 Å². The molecule has 1 aliphatic heterocycles. The van der Waals surface area contributed by atoms with Gasteiger partial charge >= 0.3 is 0 Å². The van der Waals surface area contributed by atoms with Gasteiger partial charge in [-0.25, -0.2) is 4.99 Å². The molecule has 0 N–H and O–H groups in total. The maximum absolute atomic E-state index is 12.8. The minimum Gasteiger partial charge on any atom is -0.481 e. The number of nitrogens with zero attached hydrogens (tertiary/aromatic N) is 2. The van der Waals surface area contributed by atoms with Crippen molar-refractivity contribution in [2.24, 2.45) is 4.99 Å². The number of aliphatic imine (C=N–C) groups is 1. The van der Waals surface area contributed by atoms with Crippen LogP contribution in [0.15, 0.2) is 70.4 Å². The molecule has 5 nitrogen and oxygen atoms in total. The number of Topliss-reactive ketones (excluding diaryl/α,β-unsaturated/α-hetero) is 1. The van der Waals surface area contributed by atoms with Crippen LogP contribution in [0.25, 0.3) is 0 Å². The average molecular weight is 360 g/mol. The molecule has 5 heteroatoms. The molecule has 0 aliphatic carbocycles. The molecule has 0 fully saturated rings. The predicted molar refractivity (Wildman–Crippen MR) is 102 cm³/mol. The third-order valence-corrected chi connectivity index (χ3v) is 4.76.